The second kappa shape index (κ2) is 7.17. The molecule has 1 heterocycles. The molecule has 84 valence electrons. The summed E-state index contributed by atoms with van der Waals surface area (Å²) >= 11 is 0. The van der Waals surface area contributed by atoms with E-state index in [1.807, 2.05) is 6.92 Å². The predicted molar refractivity (Wildman–Crippen MR) is 56.4 cm³/mol. The van der Waals surface area contributed by atoms with Crippen molar-refractivity contribution >= 4 is 0 Å². The van der Waals surface area contributed by atoms with Crippen LogP contribution in [0.3, 0.4) is 0 Å². The Bertz CT molecular complexity index is 136. The molecule has 0 aromatic carbocycles. The normalized spacial score (nSPS) is 21.0. The van der Waals surface area contributed by atoms with Gasteiger partial charge in [-0.2, -0.15) is 0 Å². The fraction of sp³-hybridized carbons (Fsp3) is 1.00. The lowest BCUT2D eigenvalue weighted by molar-refractivity contribution is 0.0383. The smallest absolute Gasteiger partial charge is 0.0594 e. The zero-order chi connectivity index (χ0) is 10.2. The van der Waals surface area contributed by atoms with Gasteiger partial charge in [0.05, 0.1) is 19.3 Å². The van der Waals surface area contributed by atoms with Crippen LogP contribution in [-0.4, -0.2) is 62.0 Å². The van der Waals surface area contributed by atoms with Crippen LogP contribution in [0.5, 0.6) is 0 Å². The van der Waals surface area contributed by atoms with E-state index in [2.05, 4.69) is 10.2 Å². The highest BCUT2D eigenvalue weighted by Gasteiger charge is 2.08. The lowest BCUT2D eigenvalue weighted by Gasteiger charge is -2.26. The Kier molecular flexibility index (Phi) is 6.10. The molecular formula is C10H22N2O2. The van der Waals surface area contributed by atoms with Gasteiger partial charge in [0.2, 0.25) is 0 Å². The number of hydrogen-bond acceptors (Lipinski definition) is 4. The molecule has 1 unspecified atom stereocenters. The van der Waals surface area contributed by atoms with Crippen molar-refractivity contribution in [1.82, 2.24) is 10.2 Å². The van der Waals surface area contributed by atoms with Gasteiger partial charge in [-0.1, -0.05) is 0 Å². The topological polar surface area (TPSA) is 44.7 Å². The van der Waals surface area contributed by atoms with E-state index in [-0.39, 0.29) is 6.10 Å². The van der Waals surface area contributed by atoms with E-state index in [0.29, 0.717) is 0 Å². The molecule has 14 heavy (non-hydrogen) atoms. The first-order valence-electron chi connectivity index (χ1n) is 5.48. The van der Waals surface area contributed by atoms with Gasteiger partial charge in [0.1, 0.15) is 0 Å². The summed E-state index contributed by atoms with van der Waals surface area (Å²) in [6.07, 6.45) is 0.647. The summed E-state index contributed by atoms with van der Waals surface area (Å²) in [4.78, 5) is 2.40. The van der Waals surface area contributed by atoms with E-state index < -0.39 is 0 Å². The molecule has 0 aliphatic carbocycles. The molecule has 1 saturated heterocycles. The standard InChI is InChI=1S/C10H22N2O2/c1-10(13)2-3-11-4-5-12-6-8-14-9-7-12/h10-11,13H,2-9H2,1H3. The Balaban J connectivity index is 1.87. The third-order valence-corrected chi connectivity index (χ3v) is 2.45. The first-order chi connectivity index (χ1) is 6.79. The SMILES string of the molecule is CC(O)CCNCCN1CCOCC1. The first-order valence-corrected chi connectivity index (χ1v) is 5.48. The fourth-order valence-corrected chi connectivity index (χ4v) is 1.50. The molecule has 1 aliphatic rings. The number of hydrogen-bond donors (Lipinski definition) is 2. The minimum absolute atomic E-state index is 0.189. The predicted octanol–water partition coefficient (Wildman–Crippen LogP) is -0.321. The molecule has 0 radical (unpaired) electrons. The minimum Gasteiger partial charge on any atom is -0.393 e. The molecule has 0 bridgehead atoms. The summed E-state index contributed by atoms with van der Waals surface area (Å²) in [7, 11) is 0. The third kappa shape index (κ3) is 5.54. The summed E-state index contributed by atoms with van der Waals surface area (Å²) in [5.74, 6) is 0. The third-order valence-electron chi connectivity index (χ3n) is 2.45. The van der Waals surface area contributed by atoms with Crippen LogP contribution in [0.25, 0.3) is 0 Å². The van der Waals surface area contributed by atoms with Crippen molar-refractivity contribution in [2.75, 3.05) is 45.9 Å². The number of aliphatic hydroxyl groups is 1. The second-order valence-electron chi connectivity index (χ2n) is 3.84. The highest BCUT2D eigenvalue weighted by Crippen LogP contribution is 1.94. The molecule has 1 fully saturated rings. The number of aliphatic hydroxyl groups excluding tert-OH is 1. The molecule has 1 aliphatic heterocycles. The maximum absolute atomic E-state index is 9.03. The van der Waals surface area contributed by atoms with E-state index in [0.717, 1.165) is 52.4 Å². The molecule has 4 heteroatoms. The second-order valence-corrected chi connectivity index (χ2v) is 3.84. The Labute approximate surface area is 86.2 Å². The van der Waals surface area contributed by atoms with Gasteiger partial charge in [-0.25, -0.2) is 0 Å². The van der Waals surface area contributed by atoms with Crippen molar-refractivity contribution in [3.63, 3.8) is 0 Å². The van der Waals surface area contributed by atoms with E-state index in [1.165, 1.54) is 0 Å². The van der Waals surface area contributed by atoms with E-state index >= 15 is 0 Å². The Hall–Kier alpha value is -0.160. The zero-order valence-corrected chi connectivity index (χ0v) is 9.04. The molecule has 0 saturated carbocycles. The monoisotopic (exact) mass is 202 g/mol. The van der Waals surface area contributed by atoms with Crippen molar-refractivity contribution < 1.29 is 9.84 Å². The van der Waals surface area contributed by atoms with Crippen molar-refractivity contribution in [2.45, 2.75) is 19.4 Å². The number of rotatable bonds is 6. The van der Waals surface area contributed by atoms with Crippen LogP contribution in [0.15, 0.2) is 0 Å². The average molecular weight is 202 g/mol. The van der Waals surface area contributed by atoms with Crippen LogP contribution in [-0.2, 0) is 4.74 Å². The largest absolute Gasteiger partial charge is 0.393 e. The highest BCUT2D eigenvalue weighted by atomic mass is 16.5. The van der Waals surface area contributed by atoms with Gasteiger partial charge < -0.3 is 15.2 Å². The maximum Gasteiger partial charge on any atom is 0.0594 e. The maximum atomic E-state index is 9.03. The number of morpholine rings is 1. The van der Waals surface area contributed by atoms with Crippen LogP contribution in [0.4, 0.5) is 0 Å². The molecule has 2 N–H and O–H groups in total. The number of nitrogens with one attached hydrogen (secondary N) is 1. The molecule has 1 rings (SSSR count). The van der Waals surface area contributed by atoms with Gasteiger partial charge in [-0.15, -0.1) is 0 Å². The van der Waals surface area contributed by atoms with Crippen LogP contribution < -0.4 is 5.32 Å². The summed E-state index contributed by atoms with van der Waals surface area (Å²) in [5.41, 5.74) is 0. The highest BCUT2D eigenvalue weighted by molar-refractivity contribution is 4.63. The summed E-state index contributed by atoms with van der Waals surface area (Å²) < 4.78 is 5.26. The number of ether oxygens (including phenoxy) is 1. The van der Waals surface area contributed by atoms with Gasteiger partial charge in [-0.3, -0.25) is 4.90 Å². The van der Waals surface area contributed by atoms with Gasteiger partial charge in [0.15, 0.2) is 0 Å². The van der Waals surface area contributed by atoms with Crippen molar-refractivity contribution in [3.05, 3.63) is 0 Å². The Morgan fingerprint density at radius 3 is 2.71 bits per heavy atom. The summed E-state index contributed by atoms with van der Waals surface area (Å²) in [6.45, 7) is 8.67. The summed E-state index contributed by atoms with van der Waals surface area (Å²) in [5, 5.41) is 12.4. The molecule has 0 spiro atoms. The van der Waals surface area contributed by atoms with E-state index in [1.54, 1.807) is 0 Å². The van der Waals surface area contributed by atoms with Gasteiger partial charge in [0, 0.05) is 26.2 Å². The van der Waals surface area contributed by atoms with Crippen molar-refractivity contribution in [1.29, 1.82) is 0 Å². The zero-order valence-electron chi connectivity index (χ0n) is 9.04. The first kappa shape index (κ1) is 11.9. The average Bonchev–Trinajstić information content (AvgIpc) is 2.18. The number of nitrogens with zero attached hydrogens (tertiary/aromatic N) is 1. The van der Waals surface area contributed by atoms with Crippen molar-refractivity contribution in [3.8, 4) is 0 Å². The molecule has 0 amide bonds. The van der Waals surface area contributed by atoms with Gasteiger partial charge in [-0.05, 0) is 19.9 Å². The van der Waals surface area contributed by atoms with E-state index in [9.17, 15) is 0 Å². The van der Waals surface area contributed by atoms with Gasteiger partial charge in [0.25, 0.3) is 0 Å². The van der Waals surface area contributed by atoms with E-state index in [4.69, 9.17) is 9.84 Å². The Morgan fingerprint density at radius 2 is 2.07 bits per heavy atom. The molecular weight excluding hydrogens is 180 g/mol. The lowest BCUT2D eigenvalue weighted by Crippen LogP contribution is -2.40. The van der Waals surface area contributed by atoms with Crippen LogP contribution in [0, 0.1) is 0 Å². The summed E-state index contributed by atoms with van der Waals surface area (Å²) in [6, 6.07) is 0. The molecule has 1 atom stereocenters. The lowest BCUT2D eigenvalue weighted by atomic mass is 10.3. The van der Waals surface area contributed by atoms with Crippen molar-refractivity contribution in [2.24, 2.45) is 0 Å². The van der Waals surface area contributed by atoms with Crippen LogP contribution >= 0.6 is 0 Å². The van der Waals surface area contributed by atoms with Gasteiger partial charge >= 0.3 is 0 Å². The molecule has 0 aromatic rings. The van der Waals surface area contributed by atoms with Crippen LogP contribution in [0.2, 0.25) is 0 Å². The Morgan fingerprint density at radius 1 is 1.36 bits per heavy atom. The van der Waals surface area contributed by atoms with Crippen LogP contribution in [0.1, 0.15) is 13.3 Å². The quantitative estimate of drug-likeness (QED) is 0.579. The minimum atomic E-state index is -0.189. The fourth-order valence-electron chi connectivity index (χ4n) is 1.50. The molecule has 4 nitrogen and oxygen atoms in total. The molecule has 0 aromatic heterocycles.